The minimum atomic E-state index is -0.563. The van der Waals surface area contributed by atoms with Crippen LogP contribution in [0.25, 0.3) is 0 Å². The zero-order valence-electron chi connectivity index (χ0n) is 28.3. The van der Waals surface area contributed by atoms with Gasteiger partial charge >= 0.3 is 24.2 Å². The van der Waals surface area contributed by atoms with Crippen molar-refractivity contribution in [3.05, 3.63) is 23.5 Å². The first-order chi connectivity index (χ1) is 20.3. The quantitative estimate of drug-likeness (QED) is 0.208. The average Bonchev–Trinajstić information content (AvgIpc) is 2.89. The molecule has 0 aromatic carbocycles. The highest BCUT2D eigenvalue weighted by Crippen LogP contribution is 2.49. The molecule has 0 spiro atoms. The minimum Gasteiger partial charge on any atom is -0.325 e. The van der Waals surface area contributed by atoms with E-state index in [4.69, 9.17) is 9.68 Å². The lowest BCUT2D eigenvalue weighted by Crippen LogP contribution is -2.68. The molecule has 4 N–H and O–H groups in total. The topological polar surface area (TPSA) is 141 Å². The van der Waals surface area contributed by atoms with Crippen molar-refractivity contribution < 1.29 is 28.9 Å². The van der Waals surface area contributed by atoms with Crippen LogP contribution in [0.15, 0.2) is 23.5 Å². The van der Waals surface area contributed by atoms with E-state index in [2.05, 4.69) is 63.1 Å². The maximum absolute atomic E-state index is 13.4. The molecule has 0 bridgehead atoms. The minimum absolute atomic E-state index is 0.111. The van der Waals surface area contributed by atoms with Crippen LogP contribution in [0, 0.1) is 21.7 Å². The van der Waals surface area contributed by atoms with Crippen LogP contribution >= 0.6 is 0 Å². The van der Waals surface area contributed by atoms with Crippen LogP contribution < -0.4 is 21.6 Å². The van der Waals surface area contributed by atoms with Crippen molar-refractivity contribution >= 4 is 24.2 Å². The molecule has 4 unspecified atom stereocenters. The molecule has 1 saturated heterocycles. The molecule has 2 saturated carbocycles. The molecule has 0 radical (unpaired) electrons. The molecule has 248 valence electrons. The summed E-state index contributed by atoms with van der Waals surface area (Å²) in [6.07, 6.45) is 6.82. The molecule has 4 atom stereocenters. The van der Waals surface area contributed by atoms with Crippen LogP contribution in [0.2, 0.25) is 0 Å². The van der Waals surface area contributed by atoms with Crippen LogP contribution in [-0.2, 0) is 9.68 Å². The highest BCUT2D eigenvalue weighted by atomic mass is 16.7. The first-order valence-electron chi connectivity index (χ1n) is 15.6. The molecule has 44 heavy (non-hydrogen) atoms. The highest BCUT2D eigenvalue weighted by molar-refractivity contribution is 6.11. The number of imide groups is 2. The van der Waals surface area contributed by atoms with Crippen LogP contribution in [-0.4, -0.2) is 59.2 Å². The summed E-state index contributed by atoms with van der Waals surface area (Å²) in [6.45, 7) is 20.6. The zero-order chi connectivity index (χ0) is 33.1. The van der Waals surface area contributed by atoms with E-state index < -0.39 is 12.2 Å². The van der Waals surface area contributed by atoms with E-state index in [-0.39, 0.29) is 58.9 Å². The van der Waals surface area contributed by atoms with E-state index in [1.807, 2.05) is 13.8 Å². The normalized spacial score (nSPS) is 30.2. The van der Waals surface area contributed by atoms with E-state index in [0.29, 0.717) is 12.8 Å². The van der Waals surface area contributed by atoms with Crippen molar-refractivity contribution in [2.75, 3.05) is 13.1 Å². The first-order valence-corrected chi connectivity index (χ1v) is 15.6. The van der Waals surface area contributed by atoms with Crippen molar-refractivity contribution in [3.63, 3.8) is 0 Å². The Hall–Kier alpha value is -3.44. The Morgan fingerprint density at radius 2 is 1.05 bits per heavy atom. The summed E-state index contributed by atoms with van der Waals surface area (Å²) >= 11 is 0. The first kappa shape index (κ1) is 35.0. The number of carbonyl (C=O) groups is 4. The van der Waals surface area contributed by atoms with Gasteiger partial charge in [-0.25, -0.2) is 39.9 Å². The van der Waals surface area contributed by atoms with Crippen molar-refractivity contribution in [2.45, 2.75) is 120 Å². The monoisotopic (exact) mass is 618 g/mol. The lowest BCUT2D eigenvalue weighted by Gasteiger charge is -2.53. The number of urea groups is 2. The molecule has 1 aliphatic heterocycles. The van der Waals surface area contributed by atoms with Gasteiger partial charge in [0.05, 0.1) is 0 Å². The molecule has 1 heterocycles. The summed E-state index contributed by atoms with van der Waals surface area (Å²) in [4.78, 5) is 64.6. The lowest BCUT2D eigenvalue weighted by atomic mass is 9.62. The zero-order valence-corrected chi connectivity index (χ0v) is 28.3. The molecule has 3 aliphatic rings. The molecule has 0 aromatic heterocycles. The fourth-order valence-electron chi connectivity index (χ4n) is 7.92. The number of hydroxylamine groups is 2. The third-order valence-corrected chi connectivity index (χ3v) is 9.01. The van der Waals surface area contributed by atoms with Gasteiger partial charge in [0.25, 0.3) is 0 Å². The third kappa shape index (κ3) is 9.28. The van der Waals surface area contributed by atoms with Crippen LogP contribution in [0.4, 0.5) is 19.2 Å². The Bertz CT molecular complexity index is 1080. The molecule has 0 aromatic rings. The summed E-state index contributed by atoms with van der Waals surface area (Å²) in [5, 5.41) is 5.91. The second-order valence-electron chi connectivity index (χ2n) is 15.5. The average molecular weight is 619 g/mol. The number of carbonyl (C=O) groups excluding carboxylic acids is 4. The predicted octanol–water partition coefficient (Wildman–Crippen LogP) is 6.32. The Morgan fingerprint density at radius 1 is 0.705 bits per heavy atom. The van der Waals surface area contributed by atoms with Gasteiger partial charge in [0.1, 0.15) is 0 Å². The fraction of sp³-hybridized carbons (Fsp3) is 0.750. The number of hydrogen-bond donors (Lipinski definition) is 4. The molecular formula is C32H54N6O6. The van der Waals surface area contributed by atoms with Gasteiger partial charge < -0.3 is 20.3 Å². The highest BCUT2D eigenvalue weighted by Gasteiger charge is 2.53. The van der Waals surface area contributed by atoms with E-state index >= 15 is 0 Å². The second-order valence-corrected chi connectivity index (χ2v) is 15.5. The molecule has 6 amide bonds. The summed E-state index contributed by atoms with van der Waals surface area (Å²) in [5.41, 5.74) is 5.68. The molecule has 3 fully saturated rings. The molecule has 2 aliphatic carbocycles. The predicted molar refractivity (Wildman–Crippen MR) is 168 cm³/mol. The number of hydrogen-bond acceptors (Lipinski definition) is 8. The third-order valence-electron chi connectivity index (χ3n) is 9.01. The fourth-order valence-corrected chi connectivity index (χ4v) is 7.92. The number of allylic oxidation sites excluding steroid dienone is 4. The number of nitrogens with one attached hydrogen (secondary N) is 4. The largest absolute Gasteiger partial charge is 0.431 e. The standard InChI is InChI=1S/C32H54N6O6/c1-11-21(3)35-43-25(39)33-23-13-29(5,6)17-31(9,15-23)19-37-27(41)38(28(37)42)20-32(10)16-24(14-30(7,8)18-32)34-26(40)44-36-22(4)12-2/h11-12,23-24,35-36H,13-20H2,1-10H3,(H,33,39)(H,34,40)/b21-11+,22-12+. The molecule has 12 heteroatoms. The Labute approximate surface area is 262 Å². The van der Waals surface area contributed by atoms with Gasteiger partial charge in [0, 0.05) is 36.6 Å². The maximum Gasteiger partial charge on any atom is 0.431 e. The summed E-state index contributed by atoms with van der Waals surface area (Å²) in [5.74, 6) is 0. The molecular weight excluding hydrogens is 564 g/mol. The van der Waals surface area contributed by atoms with Gasteiger partial charge in [0.2, 0.25) is 0 Å². The van der Waals surface area contributed by atoms with Gasteiger partial charge in [-0.1, -0.05) is 53.7 Å². The van der Waals surface area contributed by atoms with Crippen molar-refractivity contribution in [2.24, 2.45) is 21.7 Å². The van der Waals surface area contributed by atoms with Crippen molar-refractivity contribution in [3.8, 4) is 0 Å². The van der Waals surface area contributed by atoms with E-state index in [0.717, 1.165) is 37.1 Å². The van der Waals surface area contributed by atoms with E-state index in [9.17, 15) is 19.2 Å². The SMILES string of the molecule is C/C=C(\C)NOC(=O)NC1CC(C)(C)CC(C)(CN2C(=O)N(CC3(C)CC(NC(=O)ON/C(C)=C/C)CC(C)(C)C3)C2=O)C1. The van der Waals surface area contributed by atoms with Gasteiger partial charge in [-0.2, -0.15) is 0 Å². The maximum atomic E-state index is 13.4. The van der Waals surface area contributed by atoms with E-state index in [1.54, 1.807) is 26.0 Å². The van der Waals surface area contributed by atoms with E-state index in [1.165, 1.54) is 9.80 Å². The van der Waals surface area contributed by atoms with Crippen LogP contribution in [0.3, 0.4) is 0 Å². The summed E-state index contributed by atoms with van der Waals surface area (Å²) < 4.78 is 0. The van der Waals surface area contributed by atoms with Gasteiger partial charge in [-0.05, 0) is 87.9 Å². The van der Waals surface area contributed by atoms with Gasteiger partial charge in [-0.3, -0.25) is 0 Å². The van der Waals surface area contributed by atoms with Gasteiger partial charge in [0.15, 0.2) is 0 Å². The van der Waals surface area contributed by atoms with Crippen molar-refractivity contribution in [1.82, 2.24) is 31.4 Å². The Kier molecular flexibility index (Phi) is 10.6. The number of nitrogens with zero attached hydrogens (tertiary/aromatic N) is 2. The van der Waals surface area contributed by atoms with Gasteiger partial charge in [-0.15, -0.1) is 0 Å². The molecule has 3 rings (SSSR count). The number of rotatable bonds is 10. The van der Waals surface area contributed by atoms with Crippen LogP contribution in [0.1, 0.15) is 108 Å². The lowest BCUT2D eigenvalue weighted by molar-refractivity contribution is 0.00822. The Balaban J connectivity index is 1.61. The smallest absolute Gasteiger partial charge is 0.325 e. The summed E-state index contributed by atoms with van der Waals surface area (Å²) in [7, 11) is 0. The number of amides is 6. The van der Waals surface area contributed by atoms with Crippen molar-refractivity contribution in [1.29, 1.82) is 0 Å². The van der Waals surface area contributed by atoms with Crippen LogP contribution in [0.5, 0.6) is 0 Å². The Morgan fingerprint density at radius 3 is 1.36 bits per heavy atom. The molecule has 12 nitrogen and oxygen atoms in total. The summed E-state index contributed by atoms with van der Waals surface area (Å²) in [6, 6.07) is -0.922. The second kappa shape index (κ2) is 13.3.